The zero-order chi connectivity index (χ0) is 11.5. The number of nitrogens with two attached hydrogens (primary N) is 1. The Hall–Kier alpha value is -0.530. The maximum Gasteiger partial charge on any atom is 0.0406 e. The molecular weight excluding hydrogens is 206 g/mol. The van der Waals surface area contributed by atoms with Gasteiger partial charge in [-0.3, -0.25) is 0 Å². The molecule has 84 valence electrons. The topological polar surface area (TPSA) is 26.0 Å². The molecule has 1 aromatic carbocycles. The first-order valence-corrected chi connectivity index (χ1v) is 5.91. The monoisotopic (exact) mass is 225 g/mol. The van der Waals surface area contributed by atoms with E-state index < -0.39 is 0 Å². The predicted molar refractivity (Wildman–Crippen MR) is 67.1 cm³/mol. The van der Waals surface area contributed by atoms with Crippen molar-refractivity contribution in [1.82, 2.24) is 0 Å². The first-order valence-electron chi connectivity index (χ1n) is 5.53. The van der Waals surface area contributed by atoms with E-state index in [1.807, 2.05) is 24.3 Å². The van der Waals surface area contributed by atoms with Crippen molar-refractivity contribution in [1.29, 1.82) is 0 Å². The molecule has 0 saturated carbocycles. The largest absolute Gasteiger partial charge is 0.321 e. The van der Waals surface area contributed by atoms with E-state index >= 15 is 0 Å². The Kier molecular flexibility index (Phi) is 4.18. The highest BCUT2D eigenvalue weighted by Crippen LogP contribution is 2.30. The van der Waals surface area contributed by atoms with E-state index in [0.29, 0.717) is 5.92 Å². The summed E-state index contributed by atoms with van der Waals surface area (Å²) in [5.74, 6) is 0.476. The Bertz CT molecular complexity index is 303. The van der Waals surface area contributed by atoms with Crippen LogP contribution in [0.15, 0.2) is 24.3 Å². The van der Waals surface area contributed by atoms with Crippen molar-refractivity contribution in [3.63, 3.8) is 0 Å². The molecule has 0 aliphatic carbocycles. The lowest BCUT2D eigenvalue weighted by Crippen LogP contribution is -2.39. The molecule has 0 heterocycles. The molecule has 2 atom stereocenters. The molecule has 0 saturated heterocycles. The Labute approximate surface area is 97.6 Å². The number of hydrogen-bond acceptors (Lipinski definition) is 1. The Morgan fingerprint density at radius 1 is 1.33 bits per heavy atom. The summed E-state index contributed by atoms with van der Waals surface area (Å²) in [5, 5.41) is 0.762. The smallest absolute Gasteiger partial charge is 0.0406 e. The highest BCUT2D eigenvalue weighted by Gasteiger charge is 2.27. The standard InChI is InChI=1S/C13H20ClN/c1-4-5-10(2)13(3,15)11-6-8-12(14)9-7-11/h6-10H,4-5,15H2,1-3H3. The number of benzene rings is 1. The van der Waals surface area contributed by atoms with Gasteiger partial charge in [-0.25, -0.2) is 0 Å². The summed E-state index contributed by atoms with van der Waals surface area (Å²) >= 11 is 5.86. The minimum atomic E-state index is -0.263. The predicted octanol–water partition coefficient (Wildman–Crippen LogP) is 3.95. The van der Waals surface area contributed by atoms with Crippen molar-refractivity contribution >= 4 is 11.6 Å². The van der Waals surface area contributed by atoms with Crippen molar-refractivity contribution in [3.05, 3.63) is 34.9 Å². The molecule has 2 unspecified atom stereocenters. The summed E-state index contributed by atoms with van der Waals surface area (Å²) in [6.07, 6.45) is 2.32. The van der Waals surface area contributed by atoms with Gasteiger partial charge in [0, 0.05) is 10.6 Å². The van der Waals surface area contributed by atoms with Gasteiger partial charge in [0.1, 0.15) is 0 Å². The maximum absolute atomic E-state index is 6.37. The number of hydrogen-bond donors (Lipinski definition) is 1. The average Bonchev–Trinajstić information content (AvgIpc) is 2.18. The van der Waals surface area contributed by atoms with Gasteiger partial charge in [-0.05, 0) is 37.0 Å². The highest BCUT2D eigenvalue weighted by molar-refractivity contribution is 6.30. The van der Waals surface area contributed by atoms with Crippen LogP contribution in [0.25, 0.3) is 0 Å². The summed E-state index contributed by atoms with van der Waals surface area (Å²) in [4.78, 5) is 0. The summed E-state index contributed by atoms with van der Waals surface area (Å²) in [6, 6.07) is 7.85. The minimum Gasteiger partial charge on any atom is -0.321 e. The second kappa shape index (κ2) is 5.00. The third kappa shape index (κ3) is 2.96. The molecule has 2 heteroatoms. The molecule has 0 radical (unpaired) electrons. The van der Waals surface area contributed by atoms with E-state index in [2.05, 4.69) is 20.8 Å². The quantitative estimate of drug-likeness (QED) is 0.825. The van der Waals surface area contributed by atoms with Gasteiger partial charge in [0.25, 0.3) is 0 Å². The van der Waals surface area contributed by atoms with E-state index in [0.717, 1.165) is 17.0 Å². The average molecular weight is 226 g/mol. The molecular formula is C13H20ClN. The summed E-state index contributed by atoms with van der Waals surface area (Å²) in [5.41, 5.74) is 7.27. The van der Waals surface area contributed by atoms with E-state index in [-0.39, 0.29) is 5.54 Å². The zero-order valence-corrected chi connectivity index (χ0v) is 10.5. The molecule has 2 N–H and O–H groups in total. The van der Waals surface area contributed by atoms with Crippen molar-refractivity contribution in [2.24, 2.45) is 11.7 Å². The van der Waals surface area contributed by atoms with Crippen LogP contribution >= 0.6 is 11.6 Å². The molecule has 0 bridgehead atoms. The minimum absolute atomic E-state index is 0.263. The lowest BCUT2D eigenvalue weighted by atomic mass is 9.79. The lowest BCUT2D eigenvalue weighted by molar-refractivity contribution is 0.304. The van der Waals surface area contributed by atoms with Gasteiger partial charge >= 0.3 is 0 Å². The van der Waals surface area contributed by atoms with Crippen LogP contribution in [0.5, 0.6) is 0 Å². The Balaban J connectivity index is 2.89. The van der Waals surface area contributed by atoms with Crippen LogP contribution in [-0.4, -0.2) is 0 Å². The van der Waals surface area contributed by atoms with E-state index in [1.165, 1.54) is 6.42 Å². The maximum atomic E-state index is 6.37. The van der Waals surface area contributed by atoms with Gasteiger partial charge in [0.2, 0.25) is 0 Å². The molecule has 1 rings (SSSR count). The van der Waals surface area contributed by atoms with Crippen molar-refractivity contribution in [2.45, 2.75) is 39.2 Å². The number of rotatable bonds is 4. The molecule has 0 aromatic heterocycles. The fourth-order valence-corrected chi connectivity index (χ4v) is 1.95. The van der Waals surface area contributed by atoms with Crippen LogP contribution in [0.2, 0.25) is 5.02 Å². The third-order valence-corrected chi connectivity index (χ3v) is 3.46. The molecule has 15 heavy (non-hydrogen) atoms. The Morgan fingerprint density at radius 3 is 2.33 bits per heavy atom. The number of halogens is 1. The van der Waals surface area contributed by atoms with E-state index in [9.17, 15) is 0 Å². The van der Waals surface area contributed by atoms with Crippen molar-refractivity contribution < 1.29 is 0 Å². The van der Waals surface area contributed by atoms with Gasteiger partial charge in [0.15, 0.2) is 0 Å². The third-order valence-electron chi connectivity index (χ3n) is 3.21. The second-order valence-electron chi connectivity index (χ2n) is 4.48. The van der Waals surface area contributed by atoms with Gasteiger partial charge in [-0.15, -0.1) is 0 Å². The molecule has 0 amide bonds. The molecule has 0 spiro atoms. The van der Waals surface area contributed by atoms with E-state index in [4.69, 9.17) is 17.3 Å². The summed E-state index contributed by atoms with van der Waals surface area (Å²) in [6.45, 7) is 6.49. The van der Waals surface area contributed by atoms with Crippen LogP contribution in [0.3, 0.4) is 0 Å². The van der Waals surface area contributed by atoms with Crippen LogP contribution in [-0.2, 0) is 5.54 Å². The first kappa shape index (κ1) is 12.5. The van der Waals surface area contributed by atoms with Gasteiger partial charge in [0.05, 0.1) is 0 Å². The van der Waals surface area contributed by atoms with Gasteiger partial charge < -0.3 is 5.73 Å². The van der Waals surface area contributed by atoms with Gasteiger partial charge in [-0.1, -0.05) is 44.0 Å². The molecule has 1 aromatic rings. The van der Waals surface area contributed by atoms with Gasteiger partial charge in [-0.2, -0.15) is 0 Å². The Morgan fingerprint density at radius 2 is 1.87 bits per heavy atom. The summed E-state index contributed by atoms with van der Waals surface area (Å²) in [7, 11) is 0. The van der Waals surface area contributed by atoms with Crippen molar-refractivity contribution in [3.8, 4) is 0 Å². The SMILES string of the molecule is CCCC(C)C(C)(N)c1ccc(Cl)cc1. The van der Waals surface area contributed by atoms with Crippen molar-refractivity contribution in [2.75, 3.05) is 0 Å². The van der Waals surface area contributed by atoms with Crippen LogP contribution in [0.1, 0.15) is 39.2 Å². The molecule has 1 nitrogen and oxygen atoms in total. The normalized spacial score (nSPS) is 17.1. The summed E-state index contributed by atoms with van der Waals surface area (Å²) < 4.78 is 0. The highest BCUT2D eigenvalue weighted by atomic mass is 35.5. The molecule has 0 aliphatic rings. The van der Waals surface area contributed by atoms with Crippen LogP contribution < -0.4 is 5.73 Å². The van der Waals surface area contributed by atoms with E-state index in [1.54, 1.807) is 0 Å². The van der Waals surface area contributed by atoms with Crippen LogP contribution in [0.4, 0.5) is 0 Å². The van der Waals surface area contributed by atoms with Crippen LogP contribution in [0, 0.1) is 5.92 Å². The molecule has 0 fully saturated rings. The first-order chi connectivity index (χ1) is 6.98. The fourth-order valence-electron chi connectivity index (χ4n) is 1.83. The zero-order valence-electron chi connectivity index (χ0n) is 9.76. The second-order valence-corrected chi connectivity index (χ2v) is 4.92. The lowest BCUT2D eigenvalue weighted by Gasteiger charge is -2.32. The fraction of sp³-hybridized carbons (Fsp3) is 0.538. The molecule has 0 aliphatic heterocycles.